The molecule has 688 valence electrons. The summed E-state index contributed by atoms with van der Waals surface area (Å²) in [6.45, 7) is 73.9. The Morgan fingerprint density at radius 3 is 0.975 bits per heavy atom. The fourth-order valence-corrected chi connectivity index (χ4v) is 62.7. The van der Waals surface area contributed by atoms with E-state index in [1.165, 1.54) is 13.8 Å². The monoisotopic (exact) mass is 1840 g/mol. The topological polar surface area (TPSA) is 377 Å². The molecule has 0 aliphatic carbocycles. The number of fused-ring (bicyclic) bond motifs is 4. The lowest BCUT2D eigenvalue weighted by Crippen LogP contribution is -2.67. The number of aliphatic hydroxyl groups excluding tert-OH is 4. The van der Waals surface area contributed by atoms with E-state index in [-0.39, 0.29) is 126 Å². The van der Waals surface area contributed by atoms with E-state index in [2.05, 4.69) is 228 Å². The van der Waals surface area contributed by atoms with Crippen LogP contribution in [0.15, 0.2) is 0 Å². The second kappa shape index (κ2) is 46.9. The zero-order valence-electron chi connectivity index (χ0n) is 79.8. The molecule has 9 rings (SSSR count). The van der Waals surface area contributed by atoms with E-state index in [4.69, 9.17) is 140 Å². The van der Waals surface area contributed by atoms with Crippen LogP contribution in [0.1, 0.15) is 242 Å². The van der Waals surface area contributed by atoms with E-state index >= 15 is 0 Å². The first-order valence-corrected chi connectivity index (χ1v) is 59.7. The first-order valence-electron chi connectivity index (χ1n) is 44.0. The largest absolute Gasteiger partial charge is 0.481 e. The van der Waals surface area contributed by atoms with E-state index in [0.29, 0.717) is 19.8 Å². The number of nitriles is 2. The summed E-state index contributed by atoms with van der Waals surface area (Å²) < 4.78 is 109. The molecule has 9 aliphatic rings. The maximum atomic E-state index is 12.5. The number of carbonyl (C=O) groups is 3. The molecule has 0 bridgehead atoms. The van der Waals surface area contributed by atoms with Gasteiger partial charge in [-0.15, -0.1) is 0 Å². The Labute approximate surface area is 742 Å². The molecule has 41 heteroatoms. The first kappa shape index (κ1) is 114. The molecule has 9 fully saturated rings. The van der Waals surface area contributed by atoms with Crippen LogP contribution < -0.4 is 0 Å². The highest BCUT2D eigenvalue weighted by molar-refractivity contribution is 6.86. The van der Waals surface area contributed by atoms with Gasteiger partial charge in [0.1, 0.15) is 106 Å². The number of ether oxygens (including phenoxy) is 5. The van der Waals surface area contributed by atoms with Gasteiger partial charge < -0.3 is 111 Å². The van der Waals surface area contributed by atoms with Crippen molar-refractivity contribution in [1.29, 1.82) is 10.5 Å². The Bertz CT molecular complexity index is 3210. The molecule has 19 atom stereocenters. The quantitative estimate of drug-likeness (QED) is 0.0582. The van der Waals surface area contributed by atoms with Crippen molar-refractivity contribution < 1.29 is 121 Å². The average Bonchev–Trinajstić information content (AvgIpc) is 1.65. The number of nitrogens with zero attached hydrogens (tertiary/aromatic N) is 2. The summed E-state index contributed by atoms with van der Waals surface area (Å²) in [5.41, 5.74) is 1.67. The third-order valence-electron chi connectivity index (χ3n) is 24.7. The van der Waals surface area contributed by atoms with Crippen LogP contribution in [0.25, 0.3) is 0 Å². The smallest absolute Gasteiger partial charge is 0.335 e. The predicted molar refractivity (Wildman–Crippen MR) is 487 cm³/mol. The number of carboxylic acid groups (broad SMARTS) is 1. The summed E-state index contributed by atoms with van der Waals surface area (Å²) in [5.74, 6) is -1.36. The molecular formula is C80H155B5N2O26Si8. The Balaban J connectivity index is 0.000000389. The number of ketones is 2. The zero-order valence-corrected chi connectivity index (χ0v) is 87.8. The van der Waals surface area contributed by atoms with E-state index in [9.17, 15) is 30.3 Å². The summed E-state index contributed by atoms with van der Waals surface area (Å²) in [6, 6.07) is -0.123. The van der Waals surface area contributed by atoms with Gasteiger partial charge in [0.15, 0.2) is 11.4 Å². The highest BCUT2D eigenvalue weighted by Gasteiger charge is 2.68. The maximum absolute atomic E-state index is 12.5. The maximum Gasteiger partial charge on any atom is 0.335 e. The minimum atomic E-state index is -2.91. The number of hydrogen-bond donors (Lipinski definition) is 6. The van der Waals surface area contributed by atoms with E-state index < -0.39 is 177 Å². The molecule has 6 N–H and O–H groups in total. The van der Waals surface area contributed by atoms with Crippen molar-refractivity contribution >= 4 is 125 Å². The van der Waals surface area contributed by atoms with Crippen molar-refractivity contribution in [2.45, 2.75) is 440 Å². The Morgan fingerprint density at radius 2 is 0.686 bits per heavy atom. The van der Waals surface area contributed by atoms with Gasteiger partial charge in [-0.25, -0.2) is 0 Å². The Kier molecular flexibility index (Phi) is 44.2. The highest BCUT2D eigenvalue weighted by Crippen LogP contribution is 2.54. The lowest BCUT2D eigenvalue weighted by Gasteiger charge is -2.51. The number of aliphatic hydroxyl groups is 5. The van der Waals surface area contributed by atoms with Crippen LogP contribution in [0.2, 0.25) is 88.7 Å². The molecule has 9 aliphatic heterocycles. The SMILES string of the molecule is CC(=O)O.CC(C)=O.[B][C@@H]1O[C@@H]2CO[Si](C(C)C)(C(C)C)O[Si](C(C)C)(C(C)C)O[C@@H]2C1(O)C#N.[B][C@@H]1O[C@@H]2CO[Si](C(C)C)(C(C)C)O[Si](C(C)C)(C(C)C)O[C@@H]2C1=O.[B][C@@H]1O[C@@H]2CO[Si](C(C)C)(C(C)C)O[Si](C(C)C)(C(C)C)O[C@@H]2C1C#N.[B][C@@H]1O[C@@H]2CO[Si](C(C)C)(C(C)C)O[Si](C(C)C)(C(C)C)O[C@@H]2C1O.[B][C@@H]1O[C@H](CO)[C@H](O)C1O. The van der Waals surface area contributed by atoms with Crippen molar-refractivity contribution in [2.24, 2.45) is 5.92 Å². The molecule has 4 unspecified atom stereocenters. The van der Waals surface area contributed by atoms with Crippen LogP contribution >= 0.6 is 0 Å². The number of carboxylic acids is 1. The summed E-state index contributed by atoms with van der Waals surface area (Å²) in [7, 11) is 7.61. The highest BCUT2D eigenvalue weighted by atomic mass is 28.5. The van der Waals surface area contributed by atoms with Crippen molar-refractivity contribution in [3.8, 4) is 12.1 Å². The van der Waals surface area contributed by atoms with Crippen LogP contribution in [0.4, 0.5) is 0 Å². The van der Waals surface area contributed by atoms with Gasteiger partial charge in [0.25, 0.3) is 5.97 Å². The third kappa shape index (κ3) is 25.2. The number of hydrogen-bond acceptors (Lipinski definition) is 27. The second-order valence-corrected chi connectivity index (χ2v) is 74.2. The van der Waals surface area contributed by atoms with E-state index in [1.807, 2.05) is 6.07 Å². The van der Waals surface area contributed by atoms with Crippen LogP contribution in [0.3, 0.4) is 0 Å². The lowest BCUT2D eigenvalue weighted by atomic mass is 9.81. The normalized spacial score (nSPS) is 33.7. The molecule has 9 heterocycles. The molecule has 0 spiro atoms. The van der Waals surface area contributed by atoms with Crippen molar-refractivity contribution in [3.05, 3.63) is 0 Å². The Hall–Kier alpha value is -1.03. The van der Waals surface area contributed by atoms with Crippen LogP contribution in [0, 0.1) is 28.6 Å². The number of rotatable bonds is 17. The molecule has 9 saturated heterocycles. The molecule has 28 nitrogen and oxygen atoms in total. The van der Waals surface area contributed by atoms with Gasteiger partial charge in [0.05, 0.1) is 75.3 Å². The average molecular weight is 1840 g/mol. The van der Waals surface area contributed by atoms with Gasteiger partial charge in [-0.3, -0.25) is 9.59 Å². The molecule has 0 aromatic carbocycles. The number of carbonyl (C=O) groups excluding carboxylic acids is 2. The Morgan fingerprint density at radius 1 is 0.405 bits per heavy atom. The summed E-state index contributed by atoms with van der Waals surface area (Å²) in [5, 5.41) is 74.6. The predicted octanol–water partition coefficient (Wildman–Crippen LogP) is 11.9. The summed E-state index contributed by atoms with van der Waals surface area (Å²) in [4.78, 5) is 31.0. The number of Topliss-reactive ketones (excluding diaryl/α,β-unsaturated/α-hetero) is 2. The fraction of sp³-hybridized carbons (Fsp3) is 0.938. The van der Waals surface area contributed by atoms with Crippen LogP contribution in [-0.2, 0) is 89.9 Å². The summed E-state index contributed by atoms with van der Waals surface area (Å²) >= 11 is 0. The lowest BCUT2D eigenvalue weighted by molar-refractivity contribution is -0.134. The van der Waals surface area contributed by atoms with Crippen LogP contribution in [0.5, 0.6) is 0 Å². The molecule has 0 saturated carbocycles. The van der Waals surface area contributed by atoms with E-state index in [0.717, 1.165) is 6.92 Å². The fourth-order valence-electron chi connectivity index (χ4n) is 17.9. The minimum absolute atomic E-state index is 0.101. The van der Waals surface area contributed by atoms with Gasteiger partial charge in [0.2, 0.25) is 0 Å². The van der Waals surface area contributed by atoms with Crippen molar-refractivity contribution in [2.75, 3.05) is 33.0 Å². The molecule has 0 aromatic heterocycles. The molecule has 121 heavy (non-hydrogen) atoms. The van der Waals surface area contributed by atoms with E-state index in [1.54, 1.807) is 0 Å². The van der Waals surface area contributed by atoms with Gasteiger partial charge in [0, 0.05) is 24.9 Å². The first-order chi connectivity index (χ1) is 55.5. The second-order valence-electron chi connectivity index (χ2n) is 38.8. The van der Waals surface area contributed by atoms with Crippen molar-refractivity contribution in [1.82, 2.24) is 0 Å². The molecular weight excluding hydrogens is 1680 g/mol. The zero-order chi connectivity index (χ0) is 93.8. The van der Waals surface area contributed by atoms with Gasteiger partial charge in [-0.05, 0) is 103 Å². The van der Waals surface area contributed by atoms with Crippen molar-refractivity contribution in [3.63, 3.8) is 0 Å². The van der Waals surface area contributed by atoms with Gasteiger partial charge >= 0.3 is 68.5 Å². The molecule has 0 aromatic rings. The molecule has 10 radical (unpaired) electrons. The summed E-state index contributed by atoms with van der Waals surface area (Å²) in [6.07, 6.45) is -7.90. The number of aliphatic carboxylic acids is 1. The van der Waals surface area contributed by atoms with Gasteiger partial charge in [-0.1, -0.05) is 222 Å². The minimum Gasteiger partial charge on any atom is -0.481 e. The van der Waals surface area contributed by atoms with Gasteiger partial charge in [-0.2, -0.15) is 10.5 Å². The van der Waals surface area contributed by atoms with Crippen LogP contribution in [-0.4, -0.2) is 298 Å². The molecule has 0 amide bonds. The standard InChI is InChI=1S/C18H34BNO5Si2.C18H34BNO4Si2.C17H35BO5Si2.C17H33BO5Si2.C5H9BO4.C3H6O.C2H4O2/c1-11(2)26(12(3)4)22-9-15-16(18(21,10-20)17(19)23-15)24-27(25-26,13(5)6)14(7)8;1-11(2)25(12(3)4)21-10-16-17(15(9-20)18(19)22-16)23-26(24-25,13(5)6)14(7)8;2*1-10(2)24(11(3)4)20-9-14-16(15(19)17(18)21-14)22-25(23-24,12(5)6)13(7)8;6-5-4(9)3(8)2(1-7)10-5;1-3(2)4;1-2(3)4/h11-17,21H,9H2,1-8H3;11-18H,10H2,1-8H3;10-17,19H,9H2,1-8H3;10-14,16-17H,9H2,1-8H3;2-5,7-9H,1H2;1-2H3;1H3,(H,3,4)/t15-,16+,17-,18?;15?,16-,17-,18-;14-,15?,16+,17-;14-,16+,17-;2-,3+,4?,5-;;/m11111../s1. The third-order valence-corrected chi connectivity index (χ3v) is 65.7.